The van der Waals surface area contributed by atoms with Crippen LogP contribution in [-0.4, -0.2) is 74.6 Å². The molecule has 0 radical (unpaired) electrons. The number of hydrogen-bond acceptors (Lipinski definition) is 3. The molecule has 0 amide bonds. The quantitative estimate of drug-likeness (QED) is 0.736. The van der Waals surface area contributed by atoms with Crippen LogP contribution in [0.5, 0.6) is 0 Å². The number of hydrogen-bond donors (Lipinski definition) is 0. The Kier molecular flexibility index (Phi) is 4.45. The van der Waals surface area contributed by atoms with E-state index in [1.807, 2.05) is 0 Å². The summed E-state index contributed by atoms with van der Waals surface area (Å²) >= 11 is 0. The summed E-state index contributed by atoms with van der Waals surface area (Å²) in [5.74, 6) is 0. The molecule has 0 spiro atoms. The molecule has 0 aromatic rings. The van der Waals surface area contributed by atoms with Crippen molar-refractivity contribution in [2.75, 3.05) is 59.9 Å². The van der Waals surface area contributed by atoms with Crippen molar-refractivity contribution in [3.8, 4) is 0 Å². The highest BCUT2D eigenvalue weighted by Gasteiger charge is 2.30. The average molecular weight is 239 g/mol. The fourth-order valence-electron chi connectivity index (χ4n) is 3.45. The molecule has 3 nitrogen and oxygen atoms in total. The topological polar surface area (TPSA) is 9.72 Å². The van der Waals surface area contributed by atoms with Crippen molar-refractivity contribution in [2.45, 2.75) is 26.2 Å². The van der Waals surface area contributed by atoms with Crippen molar-refractivity contribution in [3.63, 3.8) is 0 Å². The van der Waals surface area contributed by atoms with E-state index in [1.165, 1.54) is 65.1 Å². The van der Waals surface area contributed by atoms with Crippen LogP contribution < -0.4 is 0 Å². The van der Waals surface area contributed by atoms with Gasteiger partial charge in [-0.25, -0.2) is 0 Å². The van der Waals surface area contributed by atoms with E-state index in [9.17, 15) is 0 Å². The molecule has 0 N–H and O–H groups in total. The summed E-state index contributed by atoms with van der Waals surface area (Å²) in [6.45, 7) is 11.4. The maximum absolute atomic E-state index is 2.65. The summed E-state index contributed by atoms with van der Waals surface area (Å²) in [4.78, 5) is 7.66. The molecule has 100 valence electrons. The Hall–Kier alpha value is -0.120. The molecule has 2 aliphatic heterocycles. The molecule has 17 heavy (non-hydrogen) atoms. The minimum absolute atomic E-state index is 0.475. The van der Waals surface area contributed by atoms with Crippen molar-refractivity contribution in [3.05, 3.63) is 0 Å². The Morgan fingerprint density at radius 3 is 1.94 bits per heavy atom. The predicted molar refractivity (Wildman–Crippen MR) is 73.4 cm³/mol. The molecule has 3 heteroatoms. The van der Waals surface area contributed by atoms with Gasteiger partial charge in [0.2, 0.25) is 0 Å². The average Bonchev–Trinajstić information content (AvgIpc) is 2.72. The highest BCUT2D eigenvalue weighted by atomic mass is 15.2. The van der Waals surface area contributed by atoms with Crippen LogP contribution in [0, 0.1) is 5.41 Å². The van der Waals surface area contributed by atoms with Crippen molar-refractivity contribution in [1.29, 1.82) is 0 Å². The number of likely N-dealkylation sites (N-methyl/N-ethyl adjacent to an activating group) is 2. The van der Waals surface area contributed by atoms with Gasteiger partial charge in [0, 0.05) is 26.2 Å². The largest absolute Gasteiger partial charge is 0.305 e. The third-order valence-corrected chi connectivity index (χ3v) is 4.40. The lowest BCUT2D eigenvalue weighted by molar-refractivity contribution is 0.156. The Balaban J connectivity index is 1.86. The van der Waals surface area contributed by atoms with Gasteiger partial charge in [0.25, 0.3) is 0 Å². The number of rotatable bonds is 3. The highest BCUT2D eigenvalue weighted by Crippen LogP contribution is 2.26. The van der Waals surface area contributed by atoms with Crippen LogP contribution in [0.3, 0.4) is 0 Å². The van der Waals surface area contributed by atoms with Gasteiger partial charge < -0.3 is 14.7 Å². The second-order valence-corrected chi connectivity index (χ2v) is 6.58. The second-order valence-electron chi connectivity index (χ2n) is 6.58. The lowest BCUT2D eigenvalue weighted by atomic mass is 9.85. The minimum Gasteiger partial charge on any atom is -0.305 e. The van der Waals surface area contributed by atoms with Crippen LogP contribution in [0.2, 0.25) is 0 Å². The molecule has 0 atom stereocenters. The third-order valence-electron chi connectivity index (χ3n) is 4.40. The molecule has 0 unspecified atom stereocenters. The molecular formula is C14H29N3. The first-order valence-corrected chi connectivity index (χ1v) is 7.17. The van der Waals surface area contributed by atoms with E-state index in [2.05, 4.69) is 35.7 Å². The maximum atomic E-state index is 2.65. The lowest BCUT2D eigenvalue weighted by Crippen LogP contribution is -2.39. The zero-order valence-electron chi connectivity index (χ0n) is 11.9. The van der Waals surface area contributed by atoms with Crippen molar-refractivity contribution >= 4 is 0 Å². The van der Waals surface area contributed by atoms with Crippen LogP contribution in [0.4, 0.5) is 0 Å². The molecule has 0 bridgehead atoms. The monoisotopic (exact) mass is 239 g/mol. The van der Waals surface area contributed by atoms with Crippen molar-refractivity contribution in [2.24, 2.45) is 5.41 Å². The van der Waals surface area contributed by atoms with Gasteiger partial charge in [0.1, 0.15) is 0 Å². The third kappa shape index (κ3) is 3.94. The Labute approximate surface area is 107 Å². The zero-order valence-corrected chi connectivity index (χ0v) is 11.9. The second kappa shape index (κ2) is 5.68. The summed E-state index contributed by atoms with van der Waals surface area (Å²) in [6.07, 6.45) is 4.18. The van der Waals surface area contributed by atoms with Crippen LogP contribution in [0.15, 0.2) is 0 Å². The number of nitrogens with zero attached hydrogens (tertiary/aromatic N) is 3. The Morgan fingerprint density at radius 1 is 0.882 bits per heavy atom. The Bertz CT molecular complexity index is 224. The molecule has 2 heterocycles. The van der Waals surface area contributed by atoms with Crippen LogP contribution in [0.1, 0.15) is 26.2 Å². The van der Waals surface area contributed by atoms with Crippen LogP contribution >= 0.6 is 0 Å². The summed E-state index contributed by atoms with van der Waals surface area (Å²) < 4.78 is 0. The minimum atomic E-state index is 0.475. The zero-order chi connectivity index (χ0) is 12.3. The SMILES string of the molecule is CN1CCN(C)CC(C)(CCN2CCCC2)C1. The molecular weight excluding hydrogens is 210 g/mol. The van der Waals surface area contributed by atoms with E-state index >= 15 is 0 Å². The first kappa shape index (κ1) is 13.3. The van der Waals surface area contributed by atoms with Crippen LogP contribution in [0.25, 0.3) is 0 Å². The maximum Gasteiger partial charge on any atom is 0.0106 e. The summed E-state index contributed by atoms with van der Waals surface area (Å²) in [7, 11) is 4.54. The molecule has 2 saturated heterocycles. The predicted octanol–water partition coefficient (Wildman–Crippen LogP) is 1.36. The molecule has 2 rings (SSSR count). The highest BCUT2D eigenvalue weighted by molar-refractivity contribution is 4.85. The van der Waals surface area contributed by atoms with Gasteiger partial charge >= 0.3 is 0 Å². The fourth-order valence-corrected chi connectivity index (χ4v) is 3.45. The molecule has 0 aliphatic carbocycles. The van der Waals surface area contributed by atoms with Gasteiger partial charge in [0.15, 0.2) is 0 Å². The normalized spacial score (nSPS) is 28.4. The van der Waals surface area contributed by atoms with E-state index in [4.69, 9.17) is 0 Å². The fraction of sp³-hybridized carbons (Fsp3) is 1.00. The van der Waals surface area contributed by atoms with Gasteiger partial charge in [-0.1, -0.05) is 6.92 Å². The van der Waals surface area contributed by atoms with Gasteiger partial charge in [0.05, 0.1) is 0 Å². The van der Waals surface area contributed by atoms with E-state index < -0.39 is 0 Å². The van der Waals surface area contributed by atoms with Gasteiger partial charge in [-0.15, -0.1) is 0 Å². The summed E-state index contributed by atoms with van der Waals surface area (Å²) in [6, 6.07) is 0. The molecule has 2 aliphatic rings. The molecule has 0 saturated carbocycles. The van der Waals surface area contributed by atoms with Gasteiger partial charge in [-0.2, -0.15) is 0 Å². The van der Waals surface area contributed by atoms with E-state index in [0.29, 0.717) is 5.41 Å². The van der Waals surface area contributed by atoms with E-state index in [-0.39, 0.29) is 0 Å². The number of likely N-dealkylation sites (tertiary alicyclic amines) is 1. The lowest BCUT2D eigenvalue weighted by Gasteiger charge is -2.34. The first-order valence-electron chi connectivity index (χ1n) is 7.17. The smallest absolute Gasteiger partial charge is 0.0106 e. The van der Waals surface area contributed by atoms with Crippen molar-refractivity contribution < 1.29 is 0 Å². The van der Waals surface area contributed by atoms with Gasteiger partial charge in [-0.3, -0.25) is 0 Å². The van der Waals surface area contributed by atoms with Crippen LogP contribution in [-0.2, 0) is 0 Å². The molecule has 0 aromatic carbocycles. The molecule has 0 aromatic heterocycles. The summed E-state index contributed by atoms with van der Waals surface area (Å²) in [5.41, 5.74) is 0.475. The van der Waals surface area contributed by atoms with Gasteiger partial charge in [-0.05, 0) is 58.4 Å². The summed E-state index contributed by atoms with van der Waals surface area (Å²) in [5, 5.41) is 0. The van der Waals surface area contributed by atoms with E-state index in [1.54, 1.807) is 0 Å². The standard InChI is InChI=1S/C14H29N3/c1-14(6-9-17-7-4-5-8-17)12-15(2)10-11-16(3)13-14/h4-13H2,1-3H3. The first-order chi connectivity index (χ1) is 8.07. The Morgan fingerprint density at radius 2 is 1.41 bits per heavy atom. The van der Waals surface area contributed by atoms with E-state index in [0.717, 1.165) is 0 Å². The van der Waals surface area contributed by atoms with Crippen molar-refractivity contribution in [1.82, 2.24) is 14.7 Å². The molecule has 2 fully saturated rings.